The summed E-state index contributed by atoms with van der Waals surface area (Å²) in [5, 5.41) is 9.10. The van der Waals surface area contributed by atoms with E-state index in [1.807, 2.05) is 35.9 Å². The van der Waals surface area contributed by atoms with Crippen LogP contribution in [0.2, 0.25) is 5.02 Å². The second-order valence-corrected chi connectivity index (χ2v) is 8.18. The van der Waals surface area contributed by atoms with Gasteiger partial charge in [0.1, 0.15) is 5.82 Å². The smallest absolute Gasteiger partial charge is 0.123 e. The lowest BCUT2D eigenvalue weighted by Gasteiger charge is -2.15. The Hall–Kier alpha value is -2.43. The summed E-state index contributed by atoms with van der Waals surface area (Å²) in [6.07, 6.45) is 5.49. The van der Waals surface area contributed by atoms with Crippen molar-refractivity contribution in [3.05, 3.63) is 93.5 Å². The average Bonchev–Trinajstić information content (AvgIpc) is 3.27. The number of hydrogen-bond donors (Lipinski definition) is 1. The fourth-order valence-electron chi connectivity index (χ4n) is 4.07. The molecule has 0 saturated heterocycles. The molecule has 0 spiro atoms. The molecule has 0 radical (unpaired) electrons. The predicted octanol–water partition coefficient (Wildman–Crippen LogP) is 5.79. The molecule has 3 aromatic rings. The molecule has 0 fully saturated rings. The zero-order chi connectivity index (χ0) is 20.5. The van der Waals surface area contributed by atoms with Gasteiger partial charge in [0.2, 0.25) is 0 Å². The standard InChI is InChI=1S/C24H25ClFN3/c1-15-4-11-22(13-23(15)25)29-17(3)24(16(2)28-29)19-7-10-21(12-19)27-14-18-5-8-20(26)9-6-18/h4-11,13,19,21,27H,12,14H2,1-3H3/t19-,21-/m1/s1. The van der Waals surface area contributed by atoms with Gasteiger partial charge >= 0.3 is 0 Å². The summed E-state index contributed by atoms with van der Waals surface area (Å²) in [5.74, 6) is 0.128. The van der Waals surface area contributed by atoms with Crippen LogP contribution < -0.4 is 5.32 Å². The van der Waals surface area contributed by atoms with E-state index in [4.69, 9.17) is 16.7 Å². The van der Waals surface area contributed by atoms with Crippen LogP contribution in [0, 0.1) is 26.6 Å². The third-order valence-corrected chi connectivity index (χ3v) is 6.09. The molecule has 5 heteroatoms. The fraction of sp³-hybridized carbons (Fsp3) is 0.292. The van der Waals surface area contributed by atoms with Gasteiger partial charge in [-0.25, -0.2) is 9.07 Å². The molecule has 29 heavy (non-hydrogen) atoms. The average molecular weight is 410 g/mol. The number of aryl methyl sites for hydroxylation is 2. The number of benzene rings is 2. The van der Waals surface area contributed by atoms with Crippen LogP contribution in [-0.4, -0.2) is 15.8 Å². The number of nitrogens with one attached hydrogen (secondary N) is 1. The number of aromatic nitrogens is 2. The minimum Gasteiger partial charge on any atom is -0.306 e. The molecule has 1 N–H and O–H groups in total. The lowest BCUT2D eigenvalue weighted by Crippen LogP contribution is -2.25. The monoisotopic (exact) mass is 409 g/mol. The molecule has 1 aromatic heterocycles. The molecular formula is C24H25ClFN3. The maximum atomic E-state index is 13.1. The highest BCUT2D eigenvalue weighted by atomic mass is 35.5. The Morgan fingerprint density at radius 2 is 1.86 bits per heavy atom. The molecule has 0 aliphatic heterocycles. The van der Waals surface area contributed by atoms with Crippen molar-refractivity contribution in [3.8, 4) is 5.69 Å². The molecule has 1 heterocycles. The van der Waals surface area contributed by atoms with Crippen molar-refractivity contribution < 1.29 is 4.39 Å². The van der Waals surface area contributed by atoms with Crippen LogP contribution in [0.5, 0.6) is 0 Å². The zero-order valence-corrected chi connectivity index (χ0v) is 17.7. The van der Waals surface area contributed by atoms with E-state index in [9.17, 15) is 4.39 Å². The van der Waals surface area contributed by atoms with Crippen molar-refractivity contribution in [2.45, 2.75) is 45.7 Å². The van der Waals surface area contributed by atoms with E-state index in [0.29, 0.717) is 12.0 Å². The SMILES string of the molecule is Cc1ccc(-n2nc(C)c([C@@H]3C=C[C@@H](NCc4ccc(F)cc4)C3)c2C)cc1Cl. The Bertz CT molecular complexity index is 1050. The van der Waals surface area contributed by atoms with Gasteiger partial charge in [-0.1, -0.05) is 42.0 Å². The summed E-state index contributed by atoms with van der Waals surface area (Å²) >= 11 is 6.32. The molecule has 0 saturated carbocycles. The van der Waals surface area contributed by atoms with Crippen LogP contribution >= 0.6 is 11.6 Å². The third kappa shape index (κ3) is 4.14. The molecule has 1 aliphatic rings. The first-order valence-electron chi connectivity index (χ1n) is 9.91. The first-order valence-corrected chi connectivity index (χ1v) is 10.3. The number of hydrogen-bond acceptors (Lipinski definition) is 2. The Balaban J connectivity index is 1.48. The van der Waals surface area contributed by atoms with Gasteiger partial charge in [0.15, 0.2) is 0 Å². The van der Waals surface area contributed by atoms with E-state index in [-0.39, 0.29) is 5.82 Å². The van der Waals surface area contributed by atoms with Crippen LogP contribution in [0.15, 0.2) is 54.6 Å². The second kappa shape index (κ2) is 8.13. The normalized spacial score (nSPS) is 18.5. The molecule has 0 unspecified atom stereocenters. The molecule has 3 nitrogen and oxygen atoms in total. The van der Waals surface area contributed by atoms with Crippen molar-refractivity contribution in [2.75, 3.05) is 0 Å². The molecule has 2 aromatic carbocycles. The number of rotatable bonds is 5. The zero-order valence-electron chi connectivity index (χ0n) is 16.9. The van der Waals surface area contributed by atoms with Crippen LogP contribution in [-0.2, 0) is 6.54 Å². The highest BCUT2D eigenvalue weighted by molar-refractivity contribution is 6.31. The minimum atomic E-state index is -0.201. The maximum Gasteiger partial charge on any atom is 0.123 e. The van der Waals surface area contributed by atoms with Crippen LogP contribution in [0.3, 0.4) is 0 Å². The van der Waals surface area contributed by atoms with Gasteiger partial charge in [0.05, 0.1) is 11.4 Å². The van der Waals surface area contributed by atoms with E-state index in [1.54, 1.807) is 0 Å². The fourth-order valence-corrected chi connectivity index (χ4v) is 4.25. The summed E-state index contributed by atoms with van der Waals surface area (Å²) in [6, 6.07) is 13.0. The lowest BCUT2D eigenvalue weighted by atomic mass is 9.96. The molecule has 150 valence electrons. The summed E-state index contributed by atoms with van der Waals surface area (Å²) < 4.78 is 15.1. The topological polar surface area (TPSA) is 29.9 Å². The van der Waals surface area contributed by atoms with Gasteiger partial charge in [-0.05, 0) is 62.6 Å². The van der Waals surface area contributed by atoms with Crippen molar-refractivity contribution >= 4 is 11.6 Å². The van der Waals surface area contributed by atoms with Crippen LogP contribution in [0.25, 0.3) is 5.69 Å². The molecule has 0 bridgehead atoms. The molecule has 4 rings (SSSR count). The quantitative estimate of drug-likeness (QED) is 0.540. The first-order chi connectivity index (χ1) is 13.9. The van der Waals surface area contributed by atoms with E-state index >= 15 is 0 Å². The van der Waals surface area contributed by atoms with E-state index in [1.165, 1.54) is 17.7 Å². The Kier molecular flexibility index (Phi) is 5.57. The summed E-state index contributed by atoms with van der Waals surface area (Å²) in [6.45, 7) is 6.92. The summed E-state index contributed by atoms with van der Waals surface area (Å²) in [4.78, 5) is 0. The summed E-state index contributed by atoms with van der Waals surface area (Å²) in [5.41, 5.74) is 6.61. The molecule has 0 amide bonds. The Labute approximate surface area is 176 Å². The molecule has 1 aliphatic carbocycles. The number of allylic oxidation sites excluding steroid dienone is 1. The van der Waals surface area contributed by atoms with Gasteiger partial charge in [-0.3, -0.25) is 0 Å². The highest BCUT2D eigenvalue weighted by Crippen LogP contribution is 2.34. The van der Waals surface area contributed by atoms with Crippen molar-refractivity contribution in [1.29, 1.82) is 0 Å². The Morgan fingerprint density at radius 3 is 2.59 bits per heavy atom. The van der Waals surface area contributed by atoms with E-state index in [0.717, 1.165) is 46.2 Å². The van der Waals surface area contributed by atoms with Gasteiger partial charge in [-0.2, -0.15) is 5.10 Å². The molecule has 2 atom stereocenters. The van der Waals surface area contributed by atoms with Crippen molar-refractivity contribution in [3.63, 3.8) is 0 Å². The second-order valence-electron chi connectivity index (χ2n) is 7.77. The highest BCUT2D eigenvalue weighted by Gasteiger charge is 2.26. The minimum absolute atomic E-state index is 0.201. The number of nitrogens with zero attached hydrogens (tertiary/aromatic N) is 2. The van der Waals surface area contributed by atoms with Crippen molar-refractivity contribution in [2.24, 2.45) is 0 Å². The van der Waals surface area contributed by atoms with Gasteiger partial charge in [0, 0.05) is 34.8 Å². The number of halogens is 2. The Morgan fingerprint density at radius 1 is 1.10 bits per heavy atom. The van der Waals surface area contributed by atoms with Crippen molar-refractivity contribution in [1.82, 2.24) is 15.1 Å². The van der Waals surface area contributed by atoms with Crippen LogP contribution in [0.1, 0.15) is 40.4 Å². The van der Waals surface area contributed by atoms with Gasteiger partial charge < -0.3 is 5.32 Å². The van der Waals surface area contributed by atoms with E-state index < -0.39 is 0 Å². The predicted molar refractivity (Wildman–Crippen MR) is 116 cm³/mol. The van der Waals surface area contributed by atoms with Crippen LogP contribution in [0.4, 0.5) is 4.39 Å². The first kappa shape index (κ1) is 19.9. The lowest BCUT2D eigenvalue weighted by molar-refractivity contribution is 0.558. The van der Waals surface area contributed by atoms with Gasteiger partial charge in [-0.15, -0.1) is 0 Å². The molecular weight excluding hydrogens is 385 g/mol. The largest absolute Gasteiger partial charge is 0.306 e. The van der Waals surface area contributed by atoms with E-state index in [2.05, 4.69) is 37.4 Å². The third-order valence-electron chi connectivity index (χ3n) is 5.68. The maximum absolute atomic E-state index is 13.1. The van der Waals surface area contributed by atoms with Gasteiger partial charge in [0.25, 0.3) is 0 Å². The summed E-state index contributed by atoms with van der Waals surface area (Å²) in [7, 11) is 0.